The number of nitrogens with one attached hydrogen (secondary N) is 4. The van der Waals surface area contributed by atoms with E-state index >= 15 is 0 Å². The minimum Gasteiger partial charge on any atom is -0.421 e. The molecule has 2 aromatic carbocycles. The molecule has 1 fully saturated rings. The molecule has 0 spiro atoms. The maximum Gasteiger partial charge on any atom is 0.510 e. The van der Waals surface area contributed by atoms with Crippen molar-refractivity contribution in [3.63, 3.8) is 0 Å². The number of Topliss-reactive ketones (excluding diaryl/α,β-unsaturated/α-hetero) is 1. The topological polar surface area (TPSA) is 225 Å². The average Bonchev–Trinajstić information content (AvgIpc) is 3.23. The third kappa shape index (κ3) is 19.3. The van der Waals surface area contributed by atoms with Crippen molar-refractivity contribution < 1.29 is 55.6 Å². The molecule has 3 rings (SSSR count). The Labute approximate surface area is 371 Å². The summed E-state index contributed by atoms with van der Waals surface area (Å²) in [6.07, 6.45) is 5.39. The van der Waals surface area contributed by atoms with Crippen LogP contribution in [0.25, 0.3) is 0 Å². The molecule has 0 radical (unpaired) electrons. The van der Waals surface area contributed by atoms with E-state index in [0.29, 0.717) is 38.3 Å². The van der Waals surface area contributed by atoms with E-state index in [4.69, 9.17) is 24.8 Å². The molecule has 18 heteroatoms. The predicted molar refractivity (Wildman–Crippen MR) is 234 cm³/mol. The summed E-state index contributed by atoms with van der Waals surface area (Å²) in [4.78, 5) is 84.8. The molecular weight excluding hydrogens is 835 g/mol. The second kappa shape index (κ2) is 25.7. The number of ketones is 1. The zero-order valence-electron chi connectivity index (χ0n) is 37.1. The van der Waals surface area contributed by atoms with Crippen LogP contribution < -0.4 is 21.3 Å². The van der Waals surface area contributed by atoms with E-state index < -0.39 is 82.8 Å². The molecule has 5 atom stereocenters. The lowest BCUT2D eigenvalue weighted by Crippen LogP contribution is -2.60. The van der Waals surface area contributed by atoms with Gasteiger partial charge in [0.1, 0.15) is 24.7 Å². The van der Waals surface area contributed by atoms with Gasteiger partial charge in [-0.25, -0.2) is 4.79 Å². The molecule has 63 heavy (non-hydrogen) atoms. The number of ether oxygens (including phenoxy) is 3. The standard InChI is InChI=1S/C45H63N5O12S/c1-8-23-60-44(56)62-45(6,30-61-63(7,57)58)40(52)36(26-31(2)3)47-43(55)38(28-34-17-13-10-14-18-34)49-42(54)37(27-32(4)5)48-41(53)35(20-19-33-15-11-9-12-16-33)46-39(51)29-50-21-24-59-25-22-50/h1,9-18,31-32,35-38H,19-30H2,2-7H3,(H,46,51)(H,47,55)(H,48,53)(H,49,54). The molecule has 346 valence electrons. The van der Waals surface area contributed by atoms with Crippen LogP contribution in [-0.2, 0) is 65.3 Å². The van der Waals surface area contributed by atoms with Crippen LogP contribution >= 0.6 is 0 Å². The quantitative estimate of drug-likeness (QED) is 0.0639. The highest BCUT2D eigenvalue weighted by Crippen LogP contribution is 2.21. The van der Waals surface area contributed by atoms with E-state index in [-0.39, 0.29) is 50.0 Å². The van der Waals surface area contributed by atoms with Gasteiger partial charge in [0.25, 0.3) is 10.1 Å². The van der Waals surface area contributed by atoms with Crippen LogP contribution in [0.4, 0.5) is 4.79 Å². The van der Waals surface area contributed by atoms with E-state index in [0.717, 1.165) is 18.7 Å². The summed E-state index contributed by atoms with van der Waals surface area (Å²) in [5.74, 6) is -1.58. The van der Waals surface area contributed by atoms with Gasteiger partial charge in [-0.2, -0.15) is 8.42 Å². The third-order valence-corrected chi connectivity index (χ3v) is 10.5. The van der Waals surface area contributed by atoms with E-state index in [2.05, 4.69) is 27.2 Å². The molecular formula is C45H63N5O12S. The van der Waals surface area contributed by atoms with Crippen molar-refractivity contribution in [2.45, 2.75) is 96.5 Å². The fourth-order valence-electron chi connectivity index (χ4n) is 6.76. The smallest absolute Gasteiger partial charge is 0.421 e. The second-order valence-electron chi connectivity index (χ2n) is 16.6. The fraction of sp³-hybridized carbons (Fsp3) is 0.556. The Bertz CT molecular complexity index is 1970. The molecule has 0 aromatic heterocycles. The molecule has 1 aliphatic heterocycles. The molecule has 0 saturated carbocycles. The van der Waals surface area contributed by atoms with Gasteiger partial charge in [0.15, 0.2) is 12.2 Å². The largest absolute Gasteiger partial charge is 0.510 e. The molecule has 0 bridgehead atoms. The van der Waals surface area contributed by atoms with Crippen molar-refractivity contribution in [2.24, 2.45) is 11.8 Å². The Morgan fingerprint density at radius 3 is 1.87 bits per heavy atom. The van der Waals surface area contributed by atoms with Crippen molar-refractivity contribution in [1.29, 1.82) is 0 Å². The molecule has 1 heterocycles. The Balaban J connectivity index is 1.92. The maximum atomic E-state index is 14.4. The van der Waals surface area contributed by atoms with Gasteiger partial charge < -0.3 is 35.5 Å². The molecule has 5 unspecified atom stereocenters. The molecule has 1 aliphatic rings. The van der Waals surface area contributed by atoms with Gasteiger partial charge in [-0.3, -0.25) is 33.1 Å². The Kier molecular flexibility index (Phi) is 21.2. The monoisotopic (exact) mass is 897 g/mol. The molecule has 2 aromatic rings. The second-order valence-corrected chi connectivity index (χ2v) is 18.2. The number of carbonyl (C=O) groups excluding carboxylic acids is 6. The van der Waals surface area contributed by atoms with Gasteiger partial charge in [-0.15, -0.1) is 6.42 Å². The van der Waals surface area contributed by atoms with E-state index in [1.807, 2.05) is 49.1 Å². The summed E-state index contributed by atoms with van der Waals surface area (Å²) >= 11 is 0. The van der Waals surface area contributed by atoms with E-state index in [1.54, 1.807) is 44.2 Å². The first-order chi connectivity index (χ1) is 29.8. The molecule has 17 nitrogen and oxygen atoms in total. The Morgan fingerprint density at radius 1 is 0.778 bits per heavy atom. The van der Waals surface area contributed by atoms with Gasteiger partial charge in [-0.05, 0) is 55.6 Å². The van der Waals surface area contributed by atoms with Gasteiger partial charge >= 0.3 is 6.16 Å². The minimum absolute atomic E-state index is 0.00145. The van der Waals surface area contributed by atoms with Crippen LogP contribution in [0.3, 0.4) is 0 Å². The maximum absolute atomic E-state index is 14.4. The number of hydrogen-bond donors (Lipinski definition) is 4. The number of benzene rings is 2. The number of nitrogens with zero attached hydrogens (tertiary/aromatic N) is 1. The van der Waals surface area contributed by atoms with E-state index in [9.17, 15) is 37.2 Å². The number of morpholine rings is 1. The summed E-state index contributed by atoms with van der Waals surface area (Å²) in [6.45, 7) is 9.17. The van der Waals surface area contributed by atoms with Gasteiger partial charge in [0, 0.05) is 19.5 Å². The summed E-state index contributed by atoms with van der Waals surface area (Å²) in [5.41, 5.74) is -0.679. The lowest BCUT2D eigenvalue weighted by molar-refractivity contribution is -0.146. The van der Waals surface area contributed by atoms with Crippen LogP contribution in [0.2, 0.25) is 0 Å². The van der Waals surface area contributed by atoms with Crippen molar-refractivity contribution in [2.75, 3.05) is 52.3 Å². The summed E-state index contributed by atoms with van der Waals surface area (Å²) < 4.78 is 44.4. The molecule has 4 N–H and O–H groups in total. The van der Waals surface area contributed by atoms with Gasteiger partial charge in [-0.1, -0.05) is 94.3 Å². The first-order valence-electron chi connectivity index (χ1n) is 21.0. The SMILES string of the molecule is C#CCOC(=O)OC(C)(COS(C)(=O)=O)C(=O)C(CC(C)C)NC(=O)C(Cc1ccccc1)NC(=O)C(CC(C)C)NC(=O)C(CCc1ccccc1)NC(=O)CN1CCOCC1. The van der Waals surface area contributed by atoms with Crippen molar-refractivity contribution >= 4 is 45.7 Å². The number of aryl methyl sites for hydroxylation is 1. The van der Waals surface area contributed by atoms with Crippen LogP contribution in [0.15, 0.2) is 60.7 Å². The minimum atomic E-state index is -4.14. The number of hydrogen-bond acceptors (Lipinski definition) is 13. The number of carbonyl (C=O) groups is 6. The van der Waals surface area contributed by atoms with E-state index in [1.165, 1.54) is 0 Å². The molecule has 4 amide bonds. The highest BCUT2D eigenvalue weighted by atomic mass is 32.2. The molecule has 0 aliphatic carbocycles. The van der Waals surface area contributed by atoms with Crippen LogP contribution in [0, 0.1) is 24.2 Å². The van der Waals surface area contributed by atoms with Gasteiger partial charge in [0.05, 0.1) is 32.1 Å². The number of rotatable bonds is 25. The van der Waals surface area contributed by atoms with Crippen molar-refractivity contribution in [3.8, 4) is 12.3 Å². The zero-order valence-corrected chi connectivity index (χ0v) is 37.9. The predicted octanol–water partition coefficient (Wildman–Crippen LogP) is 2.32. The third-order valence-electron chi connectivity index (χ3n) is 9.93. The van der Waals surface area contributed by atoms with Crippen LogP contribution in [-0.4, -0.2) is 131 Å². The van der Waals surface area contributed by atoms with Gasteiger partial charge in [0.2, 0.25) is 29.4 Å². The Morgan fingerprint density at radius 2 is 1.30 bits per heavy atom. The fourth-order valence-corrected chi connectivity index (χ4v) is 7.20. The highest BCUT2D eigenvalue weighted by Gasteiger charge is 2.45. The summed E-state index contributed by atoms with van der Waals surface area (Å²) in [5, 5.41) is 11.2. The lowest BCUT2D eigenvalue weighted by Gasteiger charge is -2.32. The average molecular weight is 898 g/mol. The highest BCUT2D eigenvalue weighted by molar-refractivity contribution is 7.86. The summed E-state index contributed by atoms with van der Waals surface area (Å²) in [6, 6.07) is 13.4. The number of terminal acetylenes is 1. The van der Waals surface area contributed by atoms with Crippen LogP contribution in [0.1, 0.15) is 65.0 Å². The number of amides is 4. The zero-order chi connectivity index (χ0) is 46.6. The van der Waals surface area contributed by atoms with Crippen molar-refractivity contribution in [1.82, 2.24) is 26.2 Å². The lowest BCUT2D eigenvalue weighted by atomic mass is 9.90. The normalized spacial score (nSPS) is 16.0. The Hall–Kier alpha value is -5.35. The first-order valence-corrected chi connectivity index (χ1v) is 22.9. The van der Waals surface area contributed by atoms with Crippen LogP contribution in [0.5, 0.6) is 0 Å². The summed E-state index contributed by atoms with van der Waals surface area (Å²) in [7, 11) is -4.14. The first kappa shape index (κ1) is 52.0. The van der Waals surface area contributed by atoms with Crippen molar-refractivity contribution in [3.05, 3.63) is 71.8 Å². The molecule has 1 saturated heterocycles.